The van der Waals surface area contributed by atoms with Crippen molar-refractivity contribution in [1.82, 2.24) is 4.90 Å². The molecule has 2 unspecified atom stereocenters. The highest BCUT2D eigenvalue weighted by Crippen LogP contribution is 2.17. The monoisotopic (exact) mass is 259 g/mol. The second-order valence-corrected chi connectivity index (χ2v) is 4.78. The normalized spacial score (nSPS) is 22.8. The summed E-state index contributed by atoms with van der Waals surface area (Å²) in [6.45, 7) is 1.40. The number of nitrogens with zero attached hydrogens (tertiary/aromatic N) is 1. The van der Waals surface area contributed by atoms with E-state index in [2.05, 4.69) is 0 Å². The van der Waals surface area contributed by atoms with Gasteiger partial charge in [-0.25, -0.2) is 4.79 Å². The fraction of sp³-hybridized carbons (Fsp3) is 0.500. The fourth-order valence-electron chi connectivity index (χ4n) is 1.46. The Morgan fingerprint density at radius 3 is 2.59 bits per heavy atom. The summed E-state index contributed by atoms with van der Waals surface area (Å²) in [6.07, 6.45) is 1.40. The molecule has 0 spiro atoms. The first-order chi connectivity index (χ1) is 7.93. The number of carbonyl (C=O) groups excluding carboxylic acids is 2. The van der Waals surface area contributed by atoms with E-state index in [4.69, 9.17) is 5.11 Å². The summed E-state index contributed by atoms with van der Waals surface area (Å²) < 4.78 is 0. The van der Waals surface area contributed by atoms with E-state index in [0.717, 1.165) is 16.7 Å². The van der Waals surface area contributed by atoms with Crippen molar-refractivity contribution in [2.75, 3.05) is 5.75 Å². The predicted octanol–water partition coefficient (Wildman–Crippen LogP) is -0.174. The van der Waals surface area contributed by atoms with Gasteiger partial charge >= 0.3 is 5.97 Å². The minimum atomic E-state index is -1.26. The maximum Gasteiger partial charge on any atom is 0.329 e. The van der Waals surface area contributed by atoms with E-state index < -0.39 is 24.0 Å². The number of hydrogen-bond donors (Lipinski definition) is 2. The maximum absolute atomic E-state index is 11.7. The van der Waals surface area contributed by atoms with Crippen molar-refractivity contribution >= 4 is 28.8 Å². The van der Waals surface area contributed by atoms with Gasteiger partial charge in [0.2, 0.25) is 5.91 Å². The predicted molar refractivity (Wildman–Crippen MR) is 61.2 cm³/mol. The van der Waals surface area contributed by atoms with Gasteiger partial charge in [0.15, 0.2) is 11.2 Å². The average molecular weight is 259 g/mol. The van der Waals surface area contributed by atoms with Crippen molar-refractivity contribution in [3.8, 4) is 0 Å². The van der Waals surface area contributed by atoms with Gasteiger partial charge in [-0.2, -0.15) is 0 Å². The van der Waals surface area contributed by atoms with Crippen LogP contribution in [0.4, 0.5) is 0 Å². The highest BCUT2D eigenvalue weighted by Gasteiger charge is 2.37. The summed E-state index contributed by atoms with van der Waals surface area (Å²) >= 11 is 1.01. The van der Waals surface area contributed by atoms with Crippen molar-refractivity contribution in [2.24, 2.45) is 0 Å². The topological polar surface area (TPSA) is 94.9 Å². The molecule has 17 heavy (non-hydrogen) atoms. The molecule has 0 fully saturated rings. The minimum absolute atomic E-state index is 0.0606. The molecular formula is C10H13NO5S. The molecule has 0 saturated carbocycles. The molecule has 1 rings (SSSR count). The van der Waals surface area contributed by atoms with Gasteiger partial charge in [-0.05, 0) is 6.08 Å². The van der Waals surface area contributed by atoms with Crippen LogP contribution in [-0.4, -0.2) is 50.0 Å². The number of aliphatic hydroxyl groups excluding tert-OH is 1. The summed E-state index contributed by atoms with van der Waals surface area (Å²) in [5.74, 6) is -1.37. The zero-order chi connectivity index (χ0) is 13.0. The number of hydrogen-bond acceptors (Lipinski definition) is 5. The van der Waals surface area contributed by atoms with Gasteiger partial charge < -0.3 is 15.1 Å². The van der Waals surface area contributed by atoms with Crippen LogP contribution in [0, 0.1) is 0 Å². The number of amides is 1. The Morgan fingerprint density at radius 2 is 2.06 bits per heavy atom. The molecule has 1 heterocycles. The fourth-order valence-corrected chi connectivity index (χ4v) is 2.02. The van der Waals surface area contributed by atoms with Crippen LogP contribution in [0.5, 0.6) is 0 Å². The van der Waals surface area contributed by atoms with E-state index >= 15 is 0 Å². The van der Waals surface area contributed by atoms with Crippen molar-refractivity contribution in [2.45, 2.75) is 25.5 Å². The average Bonchev–Trinajstić information content (AvgIpc) is 2.59. The van der Waals surface area contributed by atoms with Gasteiger partial charge in [0.1, 0.15) is 6.10 Å². The first-order valence-corrected chi connectivity index (χ1v) is 5.95. The third-order valence-corrected chi connectivity index (χ3v) is 3.04. The highest BCUT2D eigenvalue weighted by molar-refractivity contribution is 8.13. The van der Waals surface area contributed by atoms with Gasteiger partial charge in [-0.1, -0.05) is 11.8 Å². The van der Waals surface area contributed by atoms with Crippen LogP contribution in [0.3, 0.4) is 0 Å². The van der Waals surface area contributed by atoms with Crippen molar-refractivity contribution in [1.29, 1.82) is 0 Å². The second-order valence-electron chi connectivity index (χ2n) is 3.51. The van der Waals surface area contributed by atoms with Crippen LogP contribution < -0.4 is 0 Å². The van der Waals surface area contributed by atoms with Crippen molar-refractivity contribution < 1.29 is 24.6 Å². The number of carboxylic acids is 1. The zero-order valence-electron chi connectivity index (χ0n) is 9.20. The third-order valence-electron chi connectivity index (χ3n) is 2.23. The van der Waals surface area contributed by atoms with Crippen LogP contribution >= 0.6 is 11.8 Å². The lowest BCUT2D eigenvalue weighted by atomic mass is 10.2. The molecule has 0 bridgehead atoms. The molecular weight excluding hydrogens is 246 g/mol. The molecule has 0 aromatic heterocycles. The Kier molecular flexibility index (Phi) is 4.71. The molecule has 0 aliphatic carbocycles. The van der Waals surface area contributed by atoms with Crippen LogP contribution in [0.15, 0.2) is 12.3 Å². The van der Waals surface area contributed by atoms with E-state index in [9.17, 15) is 19.5 Å². The summed E-state index contributed by atoms with van der Waals surface area (Å²) in [7, 11) is 0. The number of rotatable bonds is 4. The van der Waals surface area contributed by atoms with Crippen molar-refractivity contribution in [3.05, 3.63) is 12.3 Å². The molecule has 7 heteroatoms. The van der Waals surface area contributed by atoms with Gasteiger partial charge in [0.25, 0.3) is 0 Å². The molecule has 2 atom stereocenters. The van der Waals surface area contributed by atoms with Gasteiger partial charge in [-0.3, -0.25) is 9.59 Å². The molecule has 6 nitrogen and oxygen atoms in total. The molecule has 94 valence electrons. The van der Waals surface area contributed by atoms with Crippen LogP contribution in [0.25, 0.3) is 0 Å². The molecule has 0 aromatic carbocycles. The molecule has 1 aliphatic rings. The Hall–Kier alpha value is -1.34. The molecule has 0 aromatic rings. The van der Waals surface area contributed by atoms with Crippen LogP contribution in [0.2, 0.25) is 0 Å². The molecule has 2 N–H and O–H groups in total. The van der Waals surface area contributed by atoms with Crippen LogP contribution in [0.1, 0.15) is 13.3 Å². The SMILES string of the molecule is CC(=O)SCCC(=O)N1C=CC(O)C1C(=O)O. The number of thioether (sulfide) groups is 1. The standard InChI is InChI=1S/C10H13NO5S/c1-6(12)17-5-3-8(14)11-4-2-7(13)9(11)10(15)16/h2,4,7,9,13H,3,5H2,1H3,(H,15,16). The van der Waals surface area contributed by atoms with Gasteiger partial charge in [-0.15, -0.1) is 0 Å². The van der Waals surface area contributed by atoms with Gasteiger partial charge in [0.05, 0.1) is 0 Å². The van der Waals surface area contributed by atoms with E-state index in [1.54, 1.807) is 0 Å². The number of aliphatic hydroxyl groups is 1. The Bertz CT molecular complexity index is 368. The van der Waals surface area contributed by atoms with Gasteiger partial charge in [0, 0.05) is 25.3 Å². The van der Waals surface area contributed by atoms with E-state index in [0.29, 0.717) is 5.75 Å². The smallest absolute Gasteiger partial charge is 0.329 e. The quantitative estimate of drug-likeness (QED) is 0.727. The van der Waals surface area contributed by atoms with Crippen LogP contribution in [-0.2, 0) is 14.4 Å². The molecule has 0 saturated heterocycles. The Balaban J connectivity index is 2.54. The molecule has 0 radical (unpaired) electrons. The number of carbonyl (C=O) groups is 3. The van der Waals surface area contributed by atoms with Crippen molar-refractivity contribution in [3.63, 3.8) is 0 Å². The lowest BCUT2D eigenvalue weighted by Crippen LogP contribution is -2.44. The summed E-state index contributed by atoms with van der Waals surface area (Å²) in [4.78, 5) is 34.2. The molecule has 1 aliphatic heterocycles. The lowest BCUT2D eigenvalue weighted by molar-refractivity contribution is -0.149. The second kappa shape index (κ2) is 5.83. The zero-order valence-corrected chi connectivity index (χ0v) is 10.0. The first kappa shape index (κ1) is 13.7. The number of carboxylic acid groups (broad SMARTS) is 1. The Labute approximate surface area is 102 Å². The summed E-state index contributed by atoms with van der Waals surface area (Å²) in [5, 5.41) is 18.1. The first-order valence-electron chi connectivity index (χ1n) is 4.97. The minimum Gasteiger partial charge on any atom is -0.480 e. The Morgan fingerprint density at radius 1 is 1.41 bits per heavy atom. The highest BCUT2D eigenvalue weighted by atomic mass is 32.2. The maximum atomic E-state index is 11.7. The molecule has 1 amide bonds. The lowest BCUT2D eigenvalue weighted by Gasteiger charge is -2.22. The van der Waals surface area contributed by atoms with E-state index in [-0.39, 0.29) is 11.5 Å². The summed E-state index contributed by atoms with van der Waals surface area (Å²) in [5.41, 5.74) is 0. The third kappa shape index (κ3) is 3.57. The summed E-state index contributed by atoms with van der Waals surface area (Å²) in [6, 6.07) is -1.26. The van der Waals surface area contributed by atoms with E-state index in [1.807, 2.05) is 0 Å². The largest absolute Gasteiger partial charge is 0.480 e. The van der Waals surface area contributed by atoms with E-state index in [1.165, 1.54) is 19.2 Å². The number of aliphatic carboxylic acids is 1.